The molecule has 0 aromatic heterocycles. The molecule has 1 amide bonds. The van der Waals surface area contributed by atoms with Crippen LogP contribution in [-0.2, 0) is 15.2 Å². The van der Waals surface area contributed by atoms with E-state index in [4.69, 9.17) is 15.6 Å². The molecule has 7 heteroatoms. The van der Waals surface area contributed by atoms with E-state index in [0.717, 1.165) is 0 Å². The average molecular weight is 266 g/mol. The van der Waals surface area contributed by atoms with Crippen LogP contribution in [0.3, 0.4) is 0 Å². The van der Waals surface area contributed by atoms with Crippen molar-refractivity contribution < 1.29 is 24.5 Å². The number of methoxy groups -OCH3 is 1. The highest BCUT2D eigenvalue weighted by Gasteiger charge is 2.47. The number of carbonyl (C=O) groups is 2. The lowest BCUT2D eigenvalue weighted by Gasteiger charge is -2.22. The first-order chi connectivity index (χ1) is 8.88. The van der Waals surface area contributed by atoms with Crippen LogP contribution in [0.2, 0.25) is 0 Å². The molecule has 1 heterocycles. The molecule has 0 aliphatic carbocycles. The molecule has 102 valence electrons. The van der Waals surface area contributed by atoms with Crippen molar-refractivity contribution in [2.24, 2.45) is 5.73 Å². The molecule has 0 unspecified atom stereocenters. The van der Waals surface area contributed by atoms with E-state index in [2.05, 4.69) is 5.32 Å². The number of benzene rings is 1. The van der Waals surface area contributed by atoms with Crippen molar-refractivity contribution in [2.45, 2.75) is 18.1 Å². The second kappa shape index (κ2) is 4.52. The third-order valence-corrected chi connectivity index (χ3v) is 3.13. The van der Waals surface area contributed by atoms with Crippen molar-refractivity contribution in [3.8, 4) is 5.75 Å². The Balaban J connectivity index is 2.42. The van der Waals surface area contributed by atoms with Crippen molar-refractivity contribution in [3.63, 3.8) is 0 Å². The first-order valence-corrected chi connectivity index (χ1v) is 5.59. The second-order valence-corrected chi connectivity index (χ2v) is 4.37. The van der Waals surface area contributed by atoms with E-state index < -0.39 is 29.9 Å². The maximum Gasteiger partial charge on any atom is 0.320 e. The molecule has 0 bridgehead atoms. The fraction of sp³-hybridized carbons (Fsp3) is 0.333. The third-order valence-electron chi connectivity index (χ3n) is 3.13. The monoisotopic (exact) mass is 266 g/mol. The number of aliphatic carboxylic acids is 1. The maximum absolute atomic E-state index is 11.9. The van der Waals surface area contributed by atoms with Gasteiger partial charge in [-0.25, -0.2) is 0 Å². The van der Waals surface area contributed by atoms with Gasteiger partial charge in [-0.2, -0.15) is 0 Å². The molecule has 1 aromatic rings. The number of carboxylic acids is 1. The number of carbonyl (C=O) groups excluding carboxylic acids is 1. The first-order valence-electron chi connectivity index (χ1n) is 5.59. The van der Waals surface area contributed by atoms with Crippen LogP contribution >= 0.6 is 0 Å². The predicted octanol–water partition coefficient (Wildman–Crippen LogP) is -0.363. The summed E-state index contributed by atoms with van der Waals surface area (Å²) in [6.07, 6.45) is -0.408. The predicted molar refractivity (Wildman–Crippen MR) is 65.7 cm³/mol. The van der Waals surface area contributed by atoms with Crippen molar-refractivity contribution in [2.75, 3.05) is 12.4 Å². The van der Waals surface area contributed by atoms with E-state index in [0.29, 0.717) is 11.4 Å². The minimum atomic E-state index is -1.96. The van der Waals surface area contributed by atoms with Crippen molar-refractivity contribution >= 4 is 17.6 Å². The lowest BCUT2D eigenvalue weighted by molar-refractivity contribution is -0.143. The number of aliphatic hydroxyl groups is 1. The summed E-state index contributed by atoms with van der Waals surface area (Å²) >= 11 is 0. The Morgan fingerprint density at radius 2 is 2.26 bits per heavy atom. The van der Waals surface area contributed by atoms with Gasteiger partial charge in [0.25, 0.3) is 5.91 Å². The van der Waals surface area contributed by atoms with Gasteiger partial charge in [-0.15, -0.1) is 0 Å². The first kappa shape index (κ1) is 13.3. The lowest BCUT2D eigenvalue weighted by Crippen LogP contribution is -2.43. The van der Waals surface area contributed by atoms with Crippen LogP contribution in [-0.4, -0.2) is 35.2 Å². The highest BCUT2D eigenvalue weighted by Crippen LogP contribution is 2.40. The summed E-state index contributed by atoms with van der Waals surface area (Å²) in [7, 11) is 1.45. The summed E-state index contributed by atoms with van der Waals surface area (Å²) in [6.45, 7) is 0. The molecule has 0 saturated heterocycles. The summed E-state index contributed by atoms with van der Waals surface area (Å²) in [5.41, 5.74) is 4.14. The molecule has 0 fully saturated rings. The van der Waals surface area contributed by atoms with E-state index in [-0.39, 0.29) is 5.56 Å². The van der Waals surface area contributed by atoms with E-state index in [1.165, 1.54) is 13.2 Å². The van der Waals surface area contributed by atoms with Gasteiger partial charge in [-0.1, -0.05) is 0 Å². The second-order valence-electron chi connectivity index (χ2n) is 4.37. The van der Waals surface area contributed by atoms with Gasteiger partial charge < -0.3 is 26.0 Å². The van der Waals surface area contributed by atoms with Crippen LogP contribution in [0.25, 0.3) is 0 Å². The van der Waals surface area contributed by atoms with Crippen LogP contribution in [0.5, 0.6) is 5.75 Å². The Morgan fingerprint density at radius 3 is 2.84 bits per heavy atom. The fourth-order valence-electron chi connectivity index (χ4n) is 2.06. The molecule has 0 radical (unpaired) electrons. The molecular formula is C12H14N2O5. The zero-order valence-electron chi connectivity index (χ0n) is 10.2. The van der Waals surface area contributed by atoms with Gasteiger partial charge in [0.05, 0.1) is 7.11 Å². The minimum Gasteiger partial charge on any atom is -0.497 e. The summed E-state index contributed by atoms with van der Waals surface area (Å²) in [6, 6.07) is 3.35. The molecule has 1 aromatic carbocycles. The number of hydrogen-bond acceptors (Lipinski definition) is 5. The lowest BCUT2D eigenvalue weighted by atomic mass is 9.88. The zero-order chi connectivity index (χ0) is 14.2. The van der Waals surface area contributed by atoms with Gasteiger partial charge in [0.1, 0.15) is 11.8 Å². The quantitative estimate of drug-likeness (QED) is 0.590. The Hall–Kier alpha value is -2.12. The van der Waals surface area contributed by atoms with Crippen molar-refractivity contribution in [1.82, 2.24) is 0 Å². The molecule has 7 nitrogen and oxygen atoms in total. The maximum atomic E-state index is 11.9. The largest absolute Gasteiger partial charge is 0.497 e. The molecule has 0 saturated carbocycles. The van der Waals surface area contributed by atoms with Gasteiger partial charge in [0.15, 0.2) is 5.60 Å². The normalized spacial score (nSPS) is 22.6. The van der Waals surface area contributed by atoms with Gasteiger partial charge in [-0.05, 0) is 18.2 Å². The number of nitrogens with two attached hydrogens (primary N) is 1. The minimum absolute atomic E-state index is 0.272. The Labute approximate surface area is 109 Å². The summed E-state index contributed by atoms with van der Waals surface area (Å²) in [5, 5.41) is 21.7. The van der Waals surface area contributed by atoms with Crippen molar-refractivity contribution in [3.05, 3.63) is 23.8 Å². The van der Waals surface area contributed by atoms with Gasteiger partial charge in [-0.3, -0.25) is 9.59 Å². The molecule has 1 aliphatic rings. The van der Waals surface area contributed by atoms with Crippen molar-refractivity contribution in [1.29, 1.82) is 0 Å². The van der Waals surface area contributed by atoms with Crippen LogP contribution in [0, 0.1) is 0 Å². The Morgan fingerprint density at radius 1 is 1.58 bits per heavy atom. The fourth-order valence-corrected chi connectivity index (χ4v) is 2.06. The number of rotatable bonds is 4. The standard InChI is InChI=1S/C12H14N2O5/c1-19-6-2-3-9-7(4-6)12(18,11(17)14-9)5-8(13)10(15)16/h2-4,8,18H,5,13H2,1H3,(H,14,17)(H,15,16)/t8-,12-/m0/s1. The summed E-state index contributed by atoms with van der Waals surface area (Å²) in [5.74, 6) is -1.51. The number of ether oxygens (including phenoxy) is 1. The van der Waals surface area contributed by atoms with Crippen LogP contribution < -0.4 is 15.8 Å². The SMILES string of the molecule is COc1ccc2c(c1)[C@@](O)(C[C@H](N)C(=O)O)C(=O)N2. The zero-order valence-corrected chi connectivity index (χ0v) is 10.2. The van der Waals surface area contributed by atoms with Gasteiger partial charge in [0.2, 0.25) is 0 Å². The molecule has 1 aliphatic heterocycles. The van der Waals surface area contributed by atoms with E-state index in [1.807, 2.05) is 0 Å². The van der Waals surface area contributed by atoms with E-state index >= 15 is 0 Å². The van der Waals surface area contributed by atoms with E-state index in [9.17, 15) is 14.7 Å². The highest BCUT2D eigenvalue weighted by molar-refractivity contribution is 6.05. The van der Waals surface area contributed by atoms with Crippen LogP contribution in [0.4, 0.5) is 5.69 Å². The summed E-state index contributed by atoms with van der Waals surface area (Å²) < 4.78 is 5.02. The molecule has 19 heavy (non-hydrogen) atoms. The average Bonchev–Trinajstić information content (AvgIpc) is 2.61. The number of hydrogen-bond donors (Lipinski definition) is 4. The van der Waals surface area contributed by atoms with Gasteiger partial charge in [0, 0.05) is 17.7 Å². The highest BCUT2D eigenvalue weighted by atomic mass is 16.5. The van der Waals surface area contributed by atoms with Crippen LogP contribution in [0.1, 0.15) is 12.0 Å². The van der Waals surface area contributed by atoms with E-state index in [1.54, 1.807) is 12.1 Å². The molecule has 0 spiro atoms. The number of carboxylic acid groups (broad SMARTS) is 1. The topological polar surface area (TPSA) is 122 Å². The molecule has 2 atom stereocenters. The molecular weight excluding hydrogens is 252 g/mol. The summed E-state index contributed by atoms with van der Waals surface area (Å²) in [4.78, 5) is 22.6. The number of fused-ring (bicyclic) bond motifs is 1. The number of nitrogens with one attached hydrogen (secondary N) is 1. The van der Waals surface area contributed by atoms with Crippen LogP contribution in [0.15, 0.2) is 18.2 Å². The number of amides is 1. The third kappa shape index (κ3) is 2.13. The van der Waals surface area contributed by atoms with Gasteiger partial charge >= 0.3 is 5.97 Å². The molecule has 5 N–H and O–H groups in total. The Bertz CT molecular complexity index is 545. The Kier molecular flexibility index (Phi) is 3.17. The smallest absolute Gasteiger partial charge is 0.320 e. The number of anilines is 1. The molecule has 2 rings (SSSR count).